The van der Waals surface area contributed by atoms with Crippen molar-refractivity contribution in [2.24, 2.45) is 11.7 Å². The summed E-state index contributed by atoms with van der Waals surface area (Å²) >= 11 is 0. The molecular weight excluding hydrogens is 278 g/mol. The molecule has 0 aliphatic rings. The Bertz CT molecular complexity index is 615. The molecule has 1 atom stereocenters. The van der Waals surface area contributed by atoms with Crippen molar-refractivity contribution in [2.45, 2.75) is 25.6 Å². The van der Waals surface area contributed by atoms with Crippen molar-refractivity contribution in [3.63, 3.8) is 0 Å². The van der Waals surface area contributed by atoms with Crippen molar-refractivity contribution < 1.29 is 13.2 Å². The van der Waals surface area contributed by atoms with Crippen LogP contribution in [-0.2, 0) is 20.6 Å². The summed E-state index contributed by atoms with van der Waals surface area (Å²) in [5.41, 5.74) is 6.16. The predicted octanol–water partition coefficient (Wildman–Crippen LogP) is 0.488. The molecule has 0 fully saturated rings. The molecule has 20 heavy (non-hydrogen) atoms. The minimum absolute atomic E-state index is 0.233. The monoisotopic (exact) mass is 295 g/mol. The van der Waals surface area contributed by atoms with Gasteiger partial charge >= 0.3 is 0 Å². The van der Waals surface area contributed by atoms with E-state index in [4.69, 9.17) is 11.0 Å². The first-order valence-corrected chi connectivity index (χ1v) is 7.69. The molecule has 0 radical (unpaired) electrons. The van der Waals surface area contributed by atoms with Crippen LogP contribution < -0.4 is 10.5 Å². The lowest BCUT2D eigenvalue weighted by atomic mass is 10.1. The van der Waals surface area contributed by atoms with E-state index in [9.17, 15) is 13.2 Å². The number of benzene rings is 1. The van der Waals surface area contributed by atoms with Crippen molar-refractivity contribution >= 4 is 15.9 Å². The topological polar surface area (TPSA) is 113 Å². The number of hydrogen-bond donors (Lipinski definition) is 2. The second-order valence-corrected chi connectivity index (χ2v) is 6.56. The van der Waals surface area contributed by atoms with Gasteiger partial charge in [-0.3, -0.25) is 4.79 Å². The molecule has 0 bridgehead atoms. The van der Waals surface area contributed by atoms with Gasteiger partial charge in [-0.05, 0) is 23.6 Å². The molecule has 1 aromatic carbocycles. The summed E-state index contributed by atoms with van der Waals surface area (Å²) in [6, 6.07) is 7.23. The van der Waals surface area contributed by atoms with Gasteiger partial charge in [0.1, 0.15) is 6.04 Å². The normalized spacial score (nSPS) is 12.9. The fourth-order valence-electron chi connectivity index (χ4n) is 1.65. The highest BCUT2D eigenvalue weighted by molar-refractivity contribution is 7.88. The fourth-order valence-corrected chi connectivity index (χ4v) is 3.14. The van der Waals surface area contributed by atoms with Gasteiger partial charge in [0.15, 0.2) is 0 Å². The Morgan fingerprint density at radius 1 is 1.35 bits per heavy atom. The van der Waals surface area contributed by atoms with E-state index >= 15 is 0 Å². The lowest BCUT2D eigenvalue weighted by Gasteiger charge is -2.18. The molecule has 0 saturated heterocycles. The molecule has 0 spiro atoms. The van der Waals surface area contributed by atoms with E-state index in [2.05, 4.69) is 4.72 Å². The van der Waals surface area contributed by atoms with Crippen molar-refractivity contribution in [1.82, 2.24) is 4.72 Å². The van der Waals surface area contributed by atoms with Crippen LogP contribution in [-0.4, -0.2) is 20.4 Å². The molecule has 0 saturated carbocycles. The Labute approximate surface area is 118 Å². The standard InChI is InChI=1S/C13H17N3O3S/c1-9(2)12(13(15)17)16-20(18,19)8-11-5-3-10(7-14)4-6-11/h3-6,9,12,16H,8H2,1-2H3,(H2,15,17). The van der Waals surface area contributed by atoms with E-state index in [1.165, 1.54) is 0 Å². The number of primary amides is 1. The largest absolute Gasteiger partial charge is 0.368 e. The number of nitrogens with two attached hydrogens (primary N) is 1. The zero-order valence-electron chi connectivity index (χ0n) is 11.3. The molecule has 1 rings (SSSR count). The molecule has 0 heterocycles. The lowest BCUT2D eigenvalue weighted by Crippen LogP contribution is -2.47. The highest BCUT2D eigenvalue weighted by atomic mass is 32.2. The zero-order valence-corrected chi connectivity index (χ0v) is 12.1. The Morgan fingerprint density at radius 3 is 2.30 bits per heavy atom. The first-order valence-electron chi connectivity index (χ1n) is 6.03. The Balaban J connectivity index is 2.83. The molecule has 6 nitrogen and oxygen atoms in total. The quantitative estimate of drug-likeness (QED) is 0.795. The number of rotatable bonds is 6. The molecule has 1 unspecified atom stereocenters. The molecule has 0 aliphatic heterocycles. The lowest BCUT2D eigenvalue weighted by molar-refractivity contribution is -0.120. The van der Waals surface area contributed by atoms with Crippen LogP contribution in [0.15, 0.2) is 24.3 Å². The van der Waals surface area contributed by atoms with Crippen molar-refractivity contribution in [1.29, 1.82) is 5.26 Å². The van der Waals surface area contributed by atoms with Crippen molar-refractivity contribution in [2.75, 3.05) is 0 Å². The minimum Gasteiger partial charge on any atom is -0.368 e. The number of nitrogens with zero attached hydrogens (tertiary/aromatic N) is 1. The molecule has 3 N–H and O–H groups in total. The number of carbonyl (C=O) groups is 1. The van der Waals surface area contributed by atoms with E-state index in [0.29, 0.717) is 11.1 Å². The Kier molecular flexibility index (Phi) is 5.25. The SMILES string of the molecule is CC(C)C(NS(=O)(=O)Cc1ccc(C#N)cc1)C(N)=O. The summed E-state index contributed by atoms with van der Waals surface area (Å²) < 4.78 is 26.3. The number of hydrogen-bond acceptors (Lipinski definition) is 4. The second-order valence-electron chi connectivity index (χ2n) is 4.81. The molecule has 108 valence electrons. The van der Waals surface area contributed by atoms with Crippen molar-refractivity contribution in [3.8, 4) is 6.07 Å². The molecule has 7 heteroatoms. The van der Waals surface area contributed by atoms with Gasteiger partial charge in [0.25, 0.3) is 0 Å². The number of carbonyl (C=O) groups excluding carboxylic acids is 1. The first kappa shape index (κ1) is 16.1. The average molecular weight is 295 g/mol. The van der Waals surface area contributed by atoms with Gasteiger partial charge in [-0.25, -0.2) is 13.1 Å². The highest BCUT2D eigenvalue weighted by Gasteiger charge is 2.25. The van der Waals surface area contributed by atoms with E-state index in [0.717, 1.165) is 0 Å². The van der Waals surface area contributed by atoms with Crippen LogP contribution in [0.4, 0.5) is 0 Å². The molecule has 1 aromatic rings. The summed E-state index contributed by atoms with van der Waals surface area (Å²) in [5, 5.41) is 8.67. The second kappa shape index (κ2) is 6.50. The third-order valence-corrected chi connectivity index (χ3v) is 4.05. The maximum atomic E-state index is 12.0. The summed E-state index contributed by atoms with van der Waals surface area (Å²) in [5.74, 6) is -1.21. The Hall–Kier alpha value is -1.91. The maximum Gasteiger partial charge on any atom is 0.235 e. The van der Waals surface area contributed by atoms with Gasteiger partial charge in [0.2, 0.25) is 15.9 Å². The van der Waals surface area contributed by atoms with Gasteiger partial charge in [-0.2, -0.15) is 5.26 Å². The maximum absolute atomic E-state index is 12.0. The number of nitrogens with one attached hydrogen (secondary N) is 1. The van der Waals surface area contributed by atoms with E-state index in [1.54, 1.807) is 38.1 Å². The van der Waals surface area contributed by atoms with E-state index in [-0.39, 0.29) is 11.7 Å². The van der Waals surface area contributed by atoms with Gasteiger partial charge in [0.05, 0.1) is 17.4 Å². The van der Waals surface area contributed by atoms with Crippen LogP contribution in [0, 0.1) is 17.2 Å². The predicted molar refractivity (Wildman–Crippen MR) is 74.7 cm³/mol. The molecule has 0 aliphatic carbocycles. The summed E-state index contributed by atoms with van der Waals surface area (Å²) in [4.78, 5) is 11.2. The zero-order chi connectivity index (χ0) is 15.3. The third-order valence-electron chi connectivity index (χ3n) is 2.72. The van der Waals surface area contributed by atoms with Crippen LogP contribution in [0.2, 0.25) is 0 Å². The highest BCUT2D eigenvalue weighted by Crippen LogP contribution is 2.09. The van der Waals surface area contributed by atoms with Gasteiger partial charge in [0, 0.05) is 0 Å². The summed E-state index contributed by atoms with van der Waals surface area (Å²) in [6.07, 6.45) is 0. The Morgan fingerprint density at radius 2 is 1.90 bits per heavy atom. The van der Waals surface area contributed by atoms with Gasteiger partial charge < -0.3 is 5.73 Å². The molecular formula is C13H17N3O3S. The number of sulfonamides is 1. The van der Waals surface area contributed by atoms with Crippen LogP contribution >= 0.6 is 0 Å². The molecule has 1 amide bonds. The van der Waals surface area contributed by atoms with E-state index < -0.39 is 22.0 Å². The van der Waals surface area contributed by atoms with Crippen LogP contribution in [0.25, 0.3) is 0 Å². The third kappa shape index (κ3) is 4.64. The number of nitriles is 1. The smallest absolute Gasteiger partial charge is 0.235 e. The van der Waals surface area contributed by atoms with Gasteiger partial charge in [-0.15, -0.1) is 0 Å². The van der Waals surface area contributed by atoms with Gasteiger partial charge in [-0.1, -0.05) is 26.0 Å². The fraction of sp³-hybridized carbons (Fsp3) is 0.385. The van der Waals surface area contributed by atoms with E-state index in [1.807, 2.05) is 6.07 Å². The summed E-state index contributed by atoms with van der Waals surface area (Å²) in [7, 11) is -3.68. The van der Waals surface area contributed by atoms with Crippen LogP contribution in [0.3, 0.4) is 0 Å². The van der Waals surface area contributed by atoms with Crippen LogP contribution in [0.5, 0.6) is 0 Å². The van der Waals surface area contributed by atoms with Crippen LogP contribution in [0.1, 0.15) is 25.0 Å². The first-order chi connectivity index (χ1) is 9.25. The summed E-state index contributed by atoms with van der Waals surface area (Å²) in [6.45, 7) is 3.42. The number of amides is 1. The van der Waals surface area contributed by atoms with Crippen molar-refractivity contribution in [3.05, 3.63) is 35.4 Å². The molecule has 0 aromatic heterocycles. The minimum atomic E-state index is -3.68. The average Bonchev–Trinajstić information content (AvgIpc) is 2.36.